The number of unbranched alkanes of at least 4 members (excludes halogenated alkanes) is 1. The van der Waals surface area contributed by atoms with Gasteiger partial charge in [0.1, 0.15) is 0 Å². The van der Waals surface area contributed by atoms with Crippen LogP contribution in [-0.4, -0.2) is 38.7 Å². The number of carbonyl (C=O) groups is 1. The van der Waals surface area contributed by atoms with Crippen LogP contribution in [0.2, 0.25) is 0 Å². The third-order valence-electron chi connectivity index (χ3n) is 1.98. The van der Waals surface area contributed by atoms with Gasteiger partial charge in [0, 0.05) is 19.6 Å². The summed E-state index contributed by atoms with van der Waals surface area (Å²) in [6, 6.07) is 0. The van der Waals surface area contributed by atoms with Gasteiger partial charge in [0.15, 0.2) is 5.96 Å². The summed E-state index contributed by atoms with van der Waals surface area (Å²) < 4.78 is 4.55. The molecule has 0 bridgehead atoms. The van der Waals surface area contributed by atoms with Crippen molar-refractivity contribution in [3.8, 4) is 0 Å². The van der Waals surface area contributed by atoms with Crippen molar-refractivity contribution < 1.29 is 9.53 Å². The minimum atomic E-state index is -0.211. The molecule has 5 heteroatoms. The van der Waals surface area contributed by atoms with Crippen molar-refractivity contribution in [3.05, 3.63) is 0 Å². The van der Waals surface area contributed by atoms with E-state index in [1.54, 1.807) is 0 Å². The smallest absolute Gasteiger partial charge is 0.307 e. The summed E-state index contributed by atoms with van der Waals surface area (Å²) in [4.78, 5) is 15.3. The third-order valence-corrected chi connectivity index (χ3v) is 1.98. The highest BCUT2D eigenvalue weighted by Gasteiger charge is 2.01. The van der Waals surface area contributed by atoms with Crippen LogP contribution in [0.15, 0.2) is 4.99 Å². The summed E-state index contributed by atoms with van der Waals surface area (Å²) in [5.74, 6) is 0.553. The van der Waals surface area contributed by atoms with E-state index in [-0.39, 0.29) is 5.97 Å². The molecule has 0 spiro atoms. The first-order valence-corrected chi connectivity index (χ1v) is 5.83. The van der Waals surface area contributed by atoms with Crippen LogP contribution in [0.4, 0.5) is 0 Å². The van der Waals surface area contributed by atoms with Crippen LogP contribution < -0.4 is 10.6 Å². The number of methoxy groups -OCH3 is 1. The third kappa shape index (κ3) is 8.08. The molecule has 0 aromatic carbocycles. The quantitative estimate of drug-likeness (QED) is 0.295. The summed E-state index contributed by atoms with van der Waals surface area (Å²) in [7, 11) is 1.39. The van der Waals surface area contributed by atoms with E-state index in [1.165, 1.54) is 7.11 Å². The zero-order valence-corrected chi connectivity index (χ0v) is 10.5. The van der Waals surface area contributed by atoms with Gasteiger partial charge in [0.25, 0.3) is 0 Å². The van der Waals surface area contributed by atoms with Gasteiger partial charge in [0.05, 0.1) is 13.5 Å². The monoisotopic (exact) mass is 229 g/mol. The number of nitrogens with zero attached hydrogens (tertiary/aromatic N) is 1. The van der Waals surface area contributed by atoms with Gasteiger partial charge in [-0.05, 0) is 13.3 Å². The highest BCUT2D eigenvalue weighted by molar-refractivity contribution is 5.80. The van der Waals surface area contributed by atoms with E-state index in [0.29, 0.717) is 13.0 Å². The Morgan fingerprint density at radius 3 is 2.62 bits per heavy atom. The SMILES string of the molecule is CCCCN=C(NCC)NCCC(=O)OC. The molecule has 94 valence electrons. The molecule has 0 amide bonds. The highest BCUT2D eigenvalue weighted by atomic mass is 16.5. The minimum Gasteiger partial charge on any atom is -0.469 e. The first-order chi connectivity index (χ1) is 7.74. The maximum absolute atomic E-state index is 10.9. The molecule has 0 aliphatic carbocycles. The summed E-state index contributed by atoms with van der Waals surface area (Å²) in [5, 5.41) is 6.20. The number of hydrogen-bond acceptors (Lipinski definition) is 3. The molecule has 16 heavy (non-hydrogen) atoms. The van der Waals surface area contributed by atoms with E-state index >= 15 is 0 Å². The number of ether oxygens (including phenoxy) is 1. The Kier molecular flexibility index (Phi) is 9.46. The Morgan fingerprint density at radius 1 is 1.31 bits per heavy atom. The average Bonchev–Trinajstić information content (AvgIpc) is 2.29. The van der Waals surface area contributed by atoms with Crippen molar-refractivity contribution in [2.45, 2.75) is 33.1 Å². The van der Waals surface area contributed by atoms with E-state index in [9.17, 15) is 4.79 Å². The molecule has 0 unspecified atom stereocenters. The first kappa shape index (κ1) is 14.7. The van der Waals surface area contributed by atoms with Crippen molar-refractivity contribution in [3.63, 3.8) is 0 Å². The molecule has 0 fully saturated rings. The molecule has 0 aromatic heterocycles. The predicted molar refractivity (Wildman–Crippen MR) is 65.5 cm³/mol. The van der Waals surface area contributed by atoms with Crippen LogP contribution in [0, 0.1) is 0 Å². The zero-order chi connectivity index (χ0) is 12.2. The molecular formula is C11H23N3O2. The molecule has 0 saturated carbocycles. The molecular weight excluding hydrogens is 206 g/mol. The molecule has 0 radical (unpaired) electrons. The highest BCUT2D eigenvalue weighted by Crippen LogP contribution is 1.87. The van der Waals surface area contributed by atoms with E-state index < -0.39 is 0 Å². The van der Waals surface area contributed by atoms with Crippen molar-refractivity contribution in [2.24, 2.45) is 4.99 Å². The average molecular weight is 229 g/mol. The van der Waals surface area contributed by atoms with Gasteiger partial charge < -0.3 is 15.4 Å². The fraction of sp³-hybridized carbons (Fsp3) is 0.818. The molecule has 0 rings (SSSR count). The van der Waals surface area contributed by atoms with Crippen LogP contribution in [0.5, 0.6) is 0 Å². The second kappa shape index (κ2) is 10.3. The molecule has 5 nitrogen and oxygen atoms in total. The summed E-state index contributed by atoms with van der Waals surface area (Å²) in [6.07, 6.45) is 2.56. The number of rotatable bonds is 7. The molecule has 0 aromatic rings. The van der Waals surface area contributed by atoms with Crippen LogP contribution in [-0.2, 0) is 9.53 Å². The van der Waals surface area contributed by atoms with Gasteiger partial charge in [-0.2, -0.15) is 0 Å². The lowest BCUT2D eigenvalue weighted by atomic mass is 10.3. The maximum atomic E-state index is 10.9. The fourth-order valence-electron chi connectivity index (χ4n) is 1.08. The topological polar surface area (TPSA) is 62.7 Å². The molecule has 0 aliphatic rings. The Bertz CT molecular complexity index is 217. The Morgan fingerprint density at radius 2 is 2.06 bits per heavy atom. The lowest BCUT2D eigenvalue weighted by Gasteiger charge is -2.10. The standard InChI is InChI=1S/C11H23N3O2/c1-4-6-8-13-11(12-5-2)14-9-7-10(15)16-3/h4-9H2,1-3H3,(H2,12,13,14). The van der Waals surface area contributed by atoms with E-state index in [1.807, 2.05) is 6.92 Å². The van der Waals surface area contributed by atoms with Gasteiger partial charge in [-0.3, -0.25) is 9.79 Å². The number of aliphatic imine (C=N–C) groups is 1. The molecule has 0 saturated heterocycles. The number of carbonyl (C=O) groups excluding carboxylic acids is 1. The lowest BCUT2D eigenvalue weighted by Crippen LogP contribution is -2.38. The summed E-state index contributed by atoms with van der Waals surface area (Å²) >= 11 is 0. The summed E-state index contributed by atoms with van der Waals surface area (Å²) in [6.45, 7) is 6.31. The molecule has 0 heterocycles. The van der Waals surface area contributed by atoms with Gasteiger partial charge in [-0.1, -0.05) is 13.3 Å². The maximum Gasteiger partial charge on any atom is 0.307 e. The Labute approximate surface area is 97.7 Å². The van der Waals surface area contributed by atoms with Gasteiger partial charge in [-0.25, -0.2) is 0 Å². The molecule has 2 N–H and O–H groups in total. The van der Waals surface area contributed by atoms with Crippen molar-refractivity contribution >= 4 is 11.9 Å². The fourth-order valence-corrected chi connectivity index (χ4v) is 1.08. The van der Waals surface area contributed by atoms with E-state index in [2.05, 4.69) is 27.3 Å². The number of guanidine groups is 1. The van der Waals surface area contributed by atoms with E-state index in [0.717, 1.165) is 31.9 Å². The van der Waals surface area contributed by atoms with Crippen LogP contribution >= 0.6 is 0 Å². The van der Waals surface area contributed by atoms with Gasteiger partial charge >= 0.3 is 5.97 Å². The second-order valence-electron chi connectivity index (χ2n) is 3.37. The van der Waals surface area contributed by atoms with Crippen LogP contribution in [0.3, 0.4) is 0 Å². The predicted octanol–water partition coefficient (Wildman–Crippen LogP) is 0.905. The van der Waals surface area contributed by atoms with Gasteiger partial charge in [0.2, 0.25) is 0 Å². The number of esters is 1. The molecule has 0 aliphatic heterocycles. The number of nitrogens with one attached hydrogen (secondary N) is 2. The minimum absolute atomic E-state index is 0.211. The zero-order valence-electron chi connectivity index (χ0n) is 10.5. The van der Waals surface area contributed by atoms with Crippen LogP contribution in [0.25, 0.3) is 0 Å². The number of hydrogen-bond donors (Lipinski definition) is 2. The normalized spacial score (nSPS) is 11.1. The largest absolute Gasteiger partial charge is 0.469 e. The molecule has 0 atom stereocenters. The van der Waals surface area contributed by atoms with Crippen molar-refractivity contribution in [1.82, 2.24) is 10.6 Å². The first-order valence-electron chi connectivity index (χ1n) is 5.83. The summed E-state index contributed by atoms with van der Waals surface area (Å²) in [5.41, 5.74) is 0. The van der Waals surface area contributed by atoms with E-state index in [4.69, 9.17) is 0 Å². The second-order valence-corrected chi connectivity index (χ2v) is 3.37. The Balaban J connectivity index is 3.83. The van der Waals surface area contributed by atoms with Crippen molar-refractivity contribution in [1.29, 1.82) is 0 Å². The Hall–Kier alpha value is -1.26. The van der Waals surface area contributed by atoms with Gasteiger partial charge in [-0.15, -0.1) is 0 Å². The van der Waals surface area contributed by atoms with Crippen LogP contribution in [0.1, 0.15) is 33.1 Å². The lowest BCUT2D eigenvalue weighted by molar-refractivity contribution is -0.140. The van der Waals surface area contributed by atoms with Crippen molar-refractivity contribution in [2.75, 3.05) is 26.7 Å².